The van der Waals surface area contributed by atoms with Crippen LogP contribution in [0, 0.1) is 11.3 Å². The standard InChI is InChI=1S/C16H23NO4/c1-5-10-21-12-8-6-11(7-9-12)17-14(18)13(15(19)20)16(2,3)4/h6-9,13H,5,10H2,1-4H3,(H,17,18)(H,19,20). The number of amides is 1. The summed E-state index contributed by atoms with van der Waals surface area (Å²) in [5.41, 5.74) is -0.0977. The highest BCUT2D eigenvalue weighted by Gasteiger charge is 2.37. The Morgan fingerprint density at radius 1 is 1.24 bits per heavy atom. The van der Waals surface area contributed by atoms with Gasteiger partial charge < -0.3 is 15.2 Å². The minimum absolute atomic E-state index is 0.516. The fraction of sp³-hybridized carbons (Fsp3) is 0.500. The Bertz CT molecular complexity index is 488. The molecule has 1 amide bonds. The molecule has 2 N–H and O–H groups in total. The molecule has 0 saturated carbocycles. The molecule has 0 heterocycles. The van der Waals surface area contributed by atoms with Gasteiger partial charge in [-0.3, -0.25) is 9.59 Å². The van der Waals surface area contributed by atoms with Gasteiger partial charge >= 0.3 is 5.97 Å². The van der Waals surface area contributed by atoms with Crippen LogP contribution in [0.25, 0.3) is 0 Å². The van der Waals surface area contributed by atoms with Crippen LogP contribution in [0.15, 0.2) is 24.3 Å². The smallest absolute Gasteiger partial charge is 0.316 e. The van der Waals surface area contributed by atoms with Crippen molar-refractivity contribution in [3.8, 4) is 5.75 Å². The number of anilines is 1. The van der Waals surface area contributed by atoms with Gasteiger partial charge in [-0.05, 0) is 36.1 Å². The molecule has 21 heavy (non-hydrogen) atoms. The molecule has 5 nitrogen and oxygen atoms in total. The van der Waals surface area contributed by atoms with Gasteiger partial charge in [-0.2, -0.15) is 0 Å². The first-order valence-corrected chi connectivity index (χ1v) is 7.02. The van der Waals surface area contributed by atoms with Crippen molar-refractivity contribution in [2.45, 2.75) is 34.1 Å². The number of carboxylic acid groups (broad SMARTS) is 1. The molecule has 0 aliphatic rings. The number of aliphatic carboxylic acids is 1. The Morgan fingerprint density at radius 3 is 2.24 bits per heavy atom. The summed E-state index contributed by atoms with van der Waals surface area (Å²) in [4.78, 5) is 23.4. The number of benzene rings is 1. The number of rotatable bonds is 6. The van der Waals surface area contributed by atoms with Crippen LogP contribution in [-0.4, -0.2) is 23.6 Å². The normalized spacial score (nSPS) is 12.6. The number of carbonyl (C=O) groups is 2. The van der Waals surface area contributed by atoms with Gasteiger partial charge in [0.15, 0.2) is 0 Å². The van der Waals surface area contributed by atoms with E-state index in [1.807, 2.05) is 6.92 Å². The topological polar surface area (TPSA) is 75.6 Å². The van der Waals surface area contributed by atoms with Crippen molar-refractivity contribution in [3.05, 3.63) is 24.3 Å². The van der Waals surface area contributed by atoms with Gasteiger partial charge in [-0.1, -0.05) is 27.7 Å². The fourth-order valence-corrected chi connectivity index (χ4v) is 1.94. The molecule has 0 radical (unpaired) electrons. The van der Waals surface area contributed by atoms with Gasteiger partial charge in [0.25, 0.3) is 0 Å². The van der Waals surface area contributed by atoms with Crippen LogP contribution >= 0.6 is 0 Å². The Kier molecular flexibility index (Phi) is 5.76. The van der Waals surface area contributed by atoms with Crippen molar-refractivity contribution >= 4 is 17.6 Å². The summed E-state index contributed by atoms with van der Waals surface area (Å²) in [7, 11) is 0. The molecular weight excluding hydrogens is 270 g/mol. The summed E-state index contributed by atoms with van der Waals surface area (Å²) in [5.74, 6) is -2.02. The maximum Gasteiger partial charge on any atom is 0.316 e. The molecule has 0 fully saturated rings. The lowest BCUT2D eigenvalue weighted by atomic mass is 9.80. The highest BCUT2D eigenvalue weighted by molar-refractivity contribution is 6.04. The minimum atomic E-state index is -1.12. The molecule has 1 rings (SSSR count). The second-order valence-corrected chi connectivity index (χ2v) is 6.00. The van der Waals surface area contributed by atoms with Gasteiger partial charge in [-0.25, -0.2) is 0 Å². The van der Waals surface area contributed by atoms with Gasteiger partial charge in [0.05, 0.1) is 6.61 Å². The van der Waals surface area contributed by atoms with E-state index in [-0.39, 0.29) is 0 Å². The molecule has 0 aromatic heterocycles. The van der Waals surface area contributed by atoms with Crippen LogP contribution in [0.3, 0.4) is 0 Å². The van der Waals surface area contributed by atoms with Gasteiger partial charge in [0.2, 0.25) is 5.91 Å². The van der Waals surface area contributed by atoms with E-state index in [1.165, 1.54) is 0 Å². The summed E-state index contributed by atoms with van der Waals surface area (Å²) in [6, 6.07) is 6.89. The molecule has 1 aromatic carbocycles. The van der Waals surface area contributed by atoms with Crippen molar-refractivity contribution < 1.29 is 19.4 Å². The van der Waals surface area contributed by atoms with E-state index in [0.29, 0.717) is 12.3 Å². The van der Waals surface area contributed by atoms with E-state index in [9.17, 15) is 14.7 Å². The van der Waals surface area contributed by atoms with Gasteiger partial charge in [0, 0.05) is 5.69 Å². The Labute approximate surface area is 125 Å². The van der Waals surface area contributed by atoms with E-state index in [0.717, 1.165) is 12.2 Å². The Morgan fingerprint density at radius 2 is 1.81 bits per heavy atom. The minimum Gasteiger partial charge on any atom is -0.494 e. The summed E-state index contributed by atoms with van der Waals surface area (Å²) in [6.07, 6.45) is 0.921. The molecule has 0 aliphatic heterocycles. The molecule has 0 aliphatic carbocycles. The first-order chi connectivity index (χ1) is 9.75. The largest absolute Gasteiger partial charge is 0.494 e. The lowest BCUT2D eigenvalue weighted by Gasteiger charge is -2.25. The molecule has 0 bridgehead atoms. The summed E-state index contributed by atoms with van der Waals surface area (Å²) < 4.78 is 5.45. The quantitative estimate of drug-likeness (QED) is 0.790. The van der Waals surface area contributed by atoms with Crippen molar-refractivity contribution in [2.24, 2.45) is 11.3 Å². The van der Waals surface area contributed by atoms with E-state index in [2.05, 4.69) is 5.32 Å². The van der Waals surface area contributed by atoms with Gasteiger partial charge in [-0.15, -0.1) is 0 Å². The second kappa shape index (κ2) is 7.11. The highest BCUT2D eigenvalue weighted by atomic mass is 16.5. The zero-order valence-corrected chi connectivity index (χ0v) is 13.0. The number of hydrogen-bond donors (Lipinski definition) is 2. The lowest BCUT2D eigenvalue weighted by Crippen LogP contribution is -2.39. The Hall–Kier alpha value is -2.04. The fourth-order valence-electron chi connectivity index (χ4n) is 1.94. The zero-order valence-electron chi connectivity index (χ0n) is 13.0. The Balaban J connectivity index is 2.75. The van der Waals surface area contributed by atoms with Gasteiger partial charge in [0.1, 0.15) is 11.7 Å². The summed E-state index contributed by atoms with van der Waals surface area (Å²) in [6.45, 7) is 7.84. The molecule has 1 unspecified atom stereocenters. The third-order valence-electron chi connectivity index (χ3n) is 2.97. The van der Waals surface area contributed by atoms with Crippen LogP contribution in [0.1, 0.15) is 34.1 Å². The van der Waals surface area contributed by atoms with E-state index < -0.39 is 23.2 Å². The van der Waals surface area contributed by atoms with E-state index in [1.54, 1.807) is 45.0 Å². The highest BCUT2D eigenvalue weighted by Crippen LogP contribution is 2.27. The third kappa shape index (κ3) is 5.10. The lowest BCUT2D eigenvalue weighted by molar-refractivity contribution is -0.149. The third-order valence-corrected chi connectivity index (χ3v) is 2.97. The number of hydrogen-bond acceptors (Lipinski definition) is 3. The van der Waals surface area contributed by atoms with Crippen LogP contribution in [0.4, 0.5) is 5.69 Å². The maximum atomic E-state index is 12.1. The molecule has 5 heteroatoms. The predicted octanol–water partition coefficient (Wildman–Crippen LogP) is 3.16. The predicted molar refractivity (Wildman–Crippen MR) is 81.4 cm³/mol. The molecule has 0 saturated heterocycles. The molecular formula is C16H23NO4. The van der Waals surface area contributed by atoms with E-state index in [4.69, 9.17) is 4.74 Å². The van der Waals surface area contributed by atoms with Crippen LogP contribution in [0.5, 0.6) is 5.75 Å². The number of carboxylic acids is 1. The van der Waals surface area contributed by atoms with Crippen LogP contribution < -0.4 is 10.1 Å². The molecule has 1 aromatic rings. The molecule has 1 atom stereocenters. The number of ether oxygens (including phenoxy) is 1. The molecule has 116 valence electrons. The van der Waals surface area contributed by atoms with E-state index >= 15 is 0 Å². The first-order valence-electron chi connectivity index (χ1n) is 7.02. The maximum absolute atomic E-state index is 12.1. The van der Waals surface area contributed by atoms with Crippen molar-refractivity contribution in [3.63, 3.8) is 0 Å². The van der Waals surface area contributed by atoms with Crippen molar-refractivity contribution in [1.82, 2.24) is 0 Å². The second-order valence-electron chi connectivity index (χ2n) is 6.00. The first kappa shape index (κ1) is 17.0. The number of nitrogens with one attached hydrogen (secondary N) is 1. The average molecular weight is 293 g/mol. The molecule has 0 spiro atoms. The van der Waals surface area contributed by atoms with Crippen LogP contribution in [-0.2, 0) is 9.59 Å². The summed E-state index contributed by atoms with van der Waals surface area (Å²) >= 11 is 0. The summed E-state index contributed by atoms with van der Waals surface area (Å²) in [5, 5.41) is 11.9. The average Bonchev–Trinajstić information content (AvgIpc) is 2.35. The monoisotopic (exact) mass is 293 g/mol. The van der Waals surface area contributed by atoms with Crippen molar-refractivity contribution in [1.29, 1.82) is 0 Å². The zero-order chi connectivity index (χ0) is 16.0. The van der Waals surface area contributed by atoms with Crippen molar-refractivity contribution in [2.75, 3.05) is 11.9 Å². The van der Waals surface area contributed by atoms with Crippen LogP contribution in [0.2, 0.25) is 0 Å². The number of carbonyl (C=O) groups excluding carboxylic acids is 1. The SMILES string of the molecule is CCCOc1ccc(NC(=O)C(C(=O)O)C(C)(C)C)cc1.